The summed E-state index contributed by atoms with van der Waals surface area (Å²) in [5.74, 6) is 0.175. The van der Waals surface area contributed by atoms with Crippen LogP contribution in [0.15, 0.2) is 73.2 Å². The van der Waals surface area contributed by atoms with Crippen molar-refractivity contribution in [3.8, 4) is 6.07 Å². The number of amides is 1. The molecule has 10 heteroatoms. The van der Waals surface area contributed by atoms with Crippen molar-refractivity contribution < 1.29 is 4.79 Å². The maximum atomic E-state index is 14.3. The molecular formula is C34H36Cl2N6OS. The number of hydrogen-bond donors (Lipinski definition) is 1. The van der Waals surface area contributed by atoms with Crippen LogP contribution < -0.4 is 5.32 Å². The Labute approximate surface area is 275 Å². The van der Waals surface area contributed by atoms with E-state index >= 15 is 0 Å². The average Bonchev–Trinajstić information content (AvgIpc) is 3.42. The molecule has 0 atom stereocenters. The van der Waals surface area contributed by atoms with E-state index in [1.54, 1.807) is 35.7 Å². The molecule has 4 aromatic rings. The van der Waals surface area contributed by atoms with Crippen LogP contribution in [0.25, 0.3) is 0 Å². The Morgan fingerprint density at radius 3 is 2.52 bits per heavy atom. The third-order valence-electron chi connectivity index (χ3n) is 7.39. The number of benzene rings is 3. The minimum atomic E-state index is -0.213. The number of imidazole rings is 1. The number of aryl methyl sites for hydroxylation is 2. The van der Waals surface area contributed by atoms with Crippen LogP contribution in [0, 0.1) is 31.1 Å². The Balaban J connectivity index is 1.67. The molecule has 4 rings (SSSR count). The number of rotatable bonds is 11. The maximum Gasteiger partial charge on any atom is 0.249 e. The highest BCUT2D eigenvalue weighted by molar-refractivity contribution is 7.80. The van der Waals surface area contributed by atoms with Gasteiger partial charge >= 0.3 is 0 Å². The van der Waals surface area contributed by atoms with Gasteiger partial charge in [-0.3, -0.25) is 4.79 Å². The molecule has 0 unspecified atom stereocenters. The third kappa shape index (κ3) is 8.67. The zero-order chi connectivity index (χ0) is 31.8. The van der Waals surface area contributed by atoms with E-state index in [0.29, 0.717) is 41.2 Å². The Hall–Kier alpha value is -3.74. The van der Waals surface area contributed by atoms with Gasteiger partial charge in [-0.15, -0.1) is 0 Å². The van der Waals surface area contributed by atoms with Crippen molar-refractivity contribution in [2.75, 3.05) is 11.9 Å². The number of carbonyl (C=O) groups excluding carboxylic acids is 1. The number of hydrazine groups is 1. The van der Waals surface area contributed by atoms with Gasteiger partial charge in [0, 0.05) is 37.2 Å². The van der Waals surface area contributed by atoms with Gasteiger partial charge in [-0.05, 0) is 91.0 Å². The van der Waals surface area contributed by atoms with E-state index < -0.39 is 0 Å². The molecule has 0 bridgehead atoms. The summed E-state index contributed by atoms with van der Waals surface area (Å²) in [6, 6.07) is 21.0. The van der Waals surface area contributed by atoms with Crippen molar-refractivity contribution in [3.63, 3.8) is 0 Å². The SMILES string of the molecule is Cc1ccc(NC(=S)N(C(=O)Cc2cncn2Cc2ccc(C#N)cc2)N(CCC(C)C)Cc2cccc(Cl)c2Cl)cc1C. The first-order valence-electron chi connectivity index (χ1n) is 14.4. The first kappa shape index (κ1) is 33.2. The van der Waals surface area contributed by atoms with E-state index in [0.717, 1.165) is 34.5 Å². The molecule has 1 amide bonds. The van der Waals surface area contributed by atoms with Crippen LogP contribution in [-0.2, 0) is 24.3 Å². The van der Waals surface area contributed by atoms with Crippen molar-refractivity contribution >= 4 is 52.1 Å². The second-order valence-electron chi connectivity index (χ2n) is 11.2. The minimum Gasteiger partial charge on any atom is -0.331 e. The van der Waals surface area contributed by atoms with Crippen LogP contribution >= 0.6 is 35.4 Å². The van der Waals surface area contributed by atoms with Crippen LogP contribution in [0.5, 0.6) is 0 Å². The Morgan fingerprint density at radius 1 is 1.09 bits per heavy atom. The lowest BCUT2D eigenvalue weighted by Crippen LogP contribution is -2.52. The Kier molecular flexibility index (Phi) is 11.5. The summed E-state index contributed by atoms with van der Waals surface area (Å²) < 4.78 is 1.93. The highest BCUT2D eigenvalue weighted by Crippen LogP contribution is 2.28. The van der Waals surface area contributed by atoms with Gasteiger partial charge in [0.2, 0.25) is 5.91 Å². The van der Waals surface area contributed by atoms with E-state index in [1.807, 2.05) is 59.0 Å². The number of hydrogen-bond acceptors (Lipinski definition) is 5. The molecule has 1 N–H and O–H groups in total. The summed E-state index contributed by atoms with van der Waals surface area (Å²) in [5, 5.41) is 17.1. The van der Waals surface area contributed by atoms with Crippen molar-refractivity contribution in [3.05, 3.63) is 117 Å². The van der Waals surface area contributed by atoms with Crippen LogP contribution in [0.1, 0.15) is 53.8 Å². The number of carbonyl (C=O) groups is 1. The summed E-state index contributed by atoms with van der Waals surface area (Å²) in [6.07, 6.45) is 4.29. The van der Waals surface area contributed by atoms with Crippen molar-refractivity contribution in [2.45, 2.75) is 53.6 Å². The van der Waals surface area contributed by atoms with Crippen LogP contribution in [0.2, 0.25) is 10.0 Å². The van der Waals surface area contributed by atoms with Gasteiger partial charge in [0.15, 0.2) is 5.11 Å². The molecule has 0 spiro atoms. The molecule has 0 aliphatic heterocycles. The number of nitriles is 1. The topological polar surface area (TPSA) is 77.2 Å². The fourth-order valence-electron chi connectivity index (χ4n) is 4.67. The van der Waals surface area contributed by atoms with Gasteiger partial charge in [0.1, 0.15) is 0 Å². The van der Waals surface area contributed by atoms with E-state index in [2.05, 4.69) is 37.1 Å². The largest absolute Gasteiger partial charge is 0.331 e. The lowest BCUT2D eigenvalue weighted by molar-refractivity contribution is -0.139. The molecule has 0 radical (unpaired) electrons. The summed E-state index contributed by atoms with van der Waals surface area (Å²) in [7, 11) is 0. The summed E-state index contributed by atoms with van der Waals surface area (Å²) in [5.41, 5.74) is 6.20. The molecular weight excluding hydrogens is 611 g/mol. The van der Waals surface area contributed by atoms with E-state index in [-0.39, 0.29) is 17.4 Å². The predicted octanol–water partition coefficient (Wildman–Crippen LogP) is 7.96. The molecule has 7 nitrogen and oxygen atoms in total. The molecule has 44 heavy (non-hydrogen) atoms. The van der Waals surface area contributed by atoms with Crippen molar-refractivity contribution in [1.82, 2.24) is 19.6 Å². The number of aromatic nitrogens is 2. The second-order valence-corrected chi connectivity index (χ2v) is 12.4. The van der Waals surface area contributed by atoms with Gasteiger partial charge in [-0.2, -0.15) is 5.26 Å². The van der Waals surface area contributed by atoms with Crippen LogP contribution in [-0.4, -0.2) is 37.1 Å². The second kappa shape index (κ2) is 15.3. The summed E-state index contributed by atoms with van der Waals surface area (Å²) in [4.78, 5) is 18.6. The fourth-order valence-corrected chi connectivity index (χ4v) is 5.38. The number of nitrogens with one attached hydrogen (secondary N) is 1. The monoisotopic (exact) mass is 646 g/mol. The fraction of sp³-hybridized carbons (Fsp3) is 0.294. The van der Waals surface area contributed by atoms with Crippen LogP contribution in [0.4, 0.5) is 5.69 Å². The first-order valence-corrected chi connectivity index (χ1v) is 15.6. The molecule has 0 saturated heterocycles. The molecule has 0 fully saturated rings. The standard InChI is InChI=1S/C34H36Cl2N6OS/c1-23(2)14-15-41(21-28-6-5-7-31(35)33(28)36)42(34(44)39-29-13-8-24(3)25(4)16-29)32(43)17-30-19-38-22-40(30)20-27-11-9-26(18-37)10-12-27/h5-13,16,19,22-23H,14-15,17,20-21H2,1-4H3,(H,39,44). The molecule has 1 heterocycles. The minimum absolute atomic E-state index is 0.0620. The van der Waals surface area contributed by atoms with Gasteiger partial charge in [0.25, 0.3) is 0 Å². The highest BCUT2D eigenvalue weighted by Gasteiger charge is 2.28. The zero-order valence-corrected chi connectivity index (χ0v) is 27.7. The van der Waals surface area contributed by atoms with Crippen molar-refractivity contribution in [1.29, 1.82) is 5.26 Å². The molecule has 0 aliphatic carbocycles. The van der Waals surface area contributed by atoms with Crippen molar-refractivity contribution in [2.24, 2.45) is 5.92 Å². The lowest BCUT2D eigenvalue weighted by Gasteiger charge is -2.36. The Morgan fingerprint density at radius 2 is 1.84 bits per heavy atom. The lowest BCUT2D eigenvalue weighted by atomic mass is 10.1. The van der Waals surface area contributed by atoms with E-state index in [1.165, 1.54) is 5.56 Å². The molecule has 0 saturated carbocycles. The quantitative estimate of drug-likeness (QED) is 0.132. The van der Waals surface area contributed by atoms with Gasteiger partial charge in [-0.25, -0.2) is 15.0 Å². The number of nitrogens with zero attached hydrogens (tertiary/aromatic N) is 5. The Bertz CT molecular complexity index is 1660. The van der Waals surface area contributed by atoms with Gasteiger partial charge in [-0.1, -0.05) is 67.4 Å². The zero-order valence-electron chi connectivity index (χ0n) is 25.3. The van der Waals surface area contributed by atoms with E-state index in [9.17, 15) is 4.79 Å². The molecule has 3 aromatic carbocycles. The summed E-state index contributed by atoms with van der Waals surface area (Å²) in [6.45, 7) is 9.78. The predicted molar refractivity (Wildman–Crippen MR) is 181 cm³/mol. The smallest absolute Gasteiger partial charge is 0.249 e. The van der Waals surface area contributed by atoms with E-state index in [4.69, 9.17) is 40.7 Å². The molecule has 1 aromatic heterocycles. The van der Waals surface area contributed by atoms with Crippen LogP contribution in [0.3, 0.4) is 0 Å². The average molecular weight is 648 g/mol. The number of halogens is 2. The molecule has 0 aliphatic rings. The van der Waals surface area contributed by atoms with Gasteiger partial charge in [0.05, 0.1) is 34.4 Å². The highest BCUT2D eigenvalue weighted by atomic mass is 35.5. The first-order chi connectivity index (χ1) is 21.0. The maximum absolute atomic E-state index is 14.3. The summed E-state index contributed by atoms with van der Waals surface area (Å²) >= 11 is 18.9. The van der Waals surface area contributed by atoms with Gasteiger partial charge < -0.3 is 9.88 Å². The number of anilines is 1. The third-order valence-corrected chi connectivity index (χ3v) is 8.52. The normalized spacial score (nSPS) is 11.1. The molecule has 228 valence electrons. The number of thiocarbonyl (C=S) groups is 1.